The van der Waals surface area contributed by atoms with Crippen molar-refractivity contribution in [3.05, 3.63) is 88.0 Å². The van der Waals surface area contributed by atoms with Crippen molar-refractivity contribution >= 4 is 39.9 Å². The van der Waals surface area contributed by atoms with E-state index < -0.39 is 0 Å². The molecule has 0 aliphatic rings. The van der Waals surface area contributed by atoms with Crippen molar-refractivity contribution in [3.63, 3.8) is 0 Å². The lowest BCUT2D eigenvalue weighted by Crippen LogP contribution is -2.23. The summed E-state index contributed by atoms with van der Waals surface area (Å²) in [7, 11) is 0. The molecule has 3 aromatic carbocycles. The summed E-state index contributed by atoms with van der Waals surface area (Å²) in [4.78, 5) is 12.3. The van der Waals surface area contributed by atoms with Crippen LogP contribution in [0.15, 0.2) is 71.3 Å². The molecule has 1 amide bonds. The minimum atomic E-state index is -0.299. The number of carbonyl (C=O) groups is 1. The van der Waals surface area contributed by atoms with E-state index >= 15 is 0 Å². The maximum absolute atomic E-state index is 12.3. The lowest BCUT2D eigenvalue weighted by molar-refractivity contribution is 0.0950. The zero-order valence-corrected chi connectivity index (χ0v) is 15.6. The van der Waals surface area contributed by atoms with Gasteiger partial charge in [0.2, 0.25) is 0 Å². The van der Waals surface area contributed by atoms with Crippen LogP contribution in [0.5, 0.6) is 0 Å². The van der Waals surface area contributed by atoms with Crippen LogP contribution >= 0.6 is 23.2 Å². The average Bonchev–Trinajstić information content (AvgIpc) is 3.15. The SMILES string of the molecule is O=C(NCc1cc(-c2ccc3ccccc3c2)on1)c1ccc(Cl)cc1Cl. The number of amides is 1. The number of halogens is 2. The Morgan fingerprint density at radius 3 is 2.59 bits per heavy atom. The van der Waals surface area contributed by atoms with Crippen molar-refractivity contribution in [2.45, 2.75) is 6.54 Å². The first-order chi connectivity index (χ1) is 13.1. The van der Waals surface area contributed by atoms with Crippen molar-refractivity contribution in [2.24, 2.45) is 0 Å². The molecular formula is C21H14Cl2N2O2. The maximum atomic E-state index is 12.3. The van der Waals surface area contributed by atoms with E-state index in [1.54, 1.807) is 12.1 Å². The van der Waals surface area contributed by atoms with E-state index in [0.717, 1.165) is 16.3 Å². The summed E-state index contributed by atoms with van der Waals surface area (Å²) in [6.45, 7) is 0.231. The highest BCUT2D eigenvalue weighted by molar-refractivity contribution is 6.36. The van der Waals surface area contributed by atoms with Crippen molar-refractivity contribution in [3.8, 4) is 11.3 Å². The summed E-state index contributed by atoms with van der Waals surface area (Å²) in [5.74, 6) is 0.349. The van der Waals surface area contributed by atoms with Gasteiger partial charge in [-0.3, -0.25) is 4.79 Å². The third-order valence-corrected chi connectivity index (χ3v) is 4.75. The molecule has 0 unspecified atom stereocenters. The third-order valence-electron chi connectivity index (χ3n) is 4.20. The average molecular weight is 397 g/mol. The van der Waals surface area contributed by atoms with Gasteiger partial charge in [-0.1, -0.05) is 64.8 Å². The molecule has 0 radical (unpaired) electrons. The second-order valence-electron chi connectivity index (χ2n) is 6.05. The largest absolute Gasteiger partial charge is 0.356 e. The van der Waals surface area contributed by atoms with Crippen LogP contribution < -0.4 is 5.32 Å². The molecule has 0 bridgehead atoms. The van der Waals surface area contributed by atoms with Gasteiger partial charge in [0.1, 0.15) is 5.69 Å². The Hall–Kier alpha value is -2.82. The molecule has 0 fully saturated rings. The van der Waals surface area contributed by atoms with Gasteiger partial charge in [-0.25, -0.2) is 0 Å². The fourth-order valence-electron chi connectivity index (χ4n) is 2.81. The number of hydrogen-bond donors (Lipinski definition) is 1. The Bertz CT molecular complexity index is 1140. The second kappa shape index (κ2) is 7.43. The summed E-state index contributed by atoms with van der Waals surface area (Å²) in [5.41, 5.74) is 1.91. The molecule has 134 valence electrons. The molecular weight excluding hydrogens is 383 g/mol. The van der Waals surface area contributed by atoms with Crippen molar-refractivity contribution in [2.75, 3.05) is 0 Å². The fourth-order valence-corrected chi connectivity index (χ4v) is 3.31. The molecule has 1 aromatic heterocycles. The highest BCUT2D eigenvalue weighted by Crippen LogP contribution is 2.25. The number of hydrogen-bond acceptors (Lipinski definition) is 3. The highest BCUT2D eigenvalue weighted by Gasteiger charge is 2.12. The van der Waals surface area contributed by atoms with Gasteiger partial charge in [-0.15, -0.1) is 0 Å². The topological polar surface area (TPSA) is 55.1 Å². The molecule has 0 saturated carbocycles. The van der Waals surface area contributed by atoms with Crippen LogP contribution in [0.25, 0.3) is 22.1 Å². The molecule has 0 aliphatic carbocycles. The van der Waals surface area contributed by atoms with Crippen molar-refractivity contribution < 1.29 is 9.32 Å². The zero-order chi connectivity index (χ0) is 18.8. The van der Waals surface area contributed by atoms with Gasteiger partial charge in [-0.05, 0) is 35.0 Å². The first-order valence-corrected chi connectivity index (χ1v) is 9.04. The van der Waals surface area contributed by atoms with Gasteiger partial charge in [0, 0.05) is 16.7 Å². The summed E-state index contributed by atoms with van der Waals surface area (Å²) >= 11 is 11.9. The molecule has 4 aromatic rings. The monoisotopic (exact) mass is 396 g/mol. The number of carbonyl (C=O) groups excluding carboxylic acids is 1. The van der Waals surface area contributed by atoms with Gasteiger partial charge in [0.05, 0.1) is 17.1 Å². The molecule has 4 nitrogen and oxygen atoms in total. The lowest BCUT2D eigenvalue weighted by Gasteiger charge is -2.05. The Balaban J connectivity index is 1.48. The highest BCUT2D eigenvalue weighted by atomic mass is 35.5. The van der Waals surface area contributed by atoms with E-state index in [1.807, 2.05) is 42.5 Å². The standard InChI is InChI=1S/C21H14Cl2N2O2/c22-16-7-8-18(19(23)10-16)21(26)24-12-17-11-20(27-25-17)15-6-5-13-3-1-2-4-14(13)9-15/h1-11H,12H2,(H,24,26). The number of nitrogens with one attached hydrogen (secondary N) is 1. The normalized spacial score (nSPS) is 10.9. The Morgan fingerprint density at radius 2 is 1.78 bits per heavy atom. The van der Waals surface area contributed by atoms with Gasteiger partial charge in [-0.2, -0.15) is 0 Å². The summed E-state index contributed by atoms with van der Waals surface area (Å²) < 4.78 is 5.43. The molecule has 6 heteroatoms. The predicted molar refractivity (Wildman–Crippen MR) is 107 cm³/mol. The zero-order valence-electron chi connectivity index (χ0n) is 14.1. The minimum absolute atomic E-state index is 0.231. The third kappa shape index (κ3) is 3.82. The first-order valence-electron chi connectivity index (χ1n) is 8.28. The Labute approximate surface area is 165 Å². The van der Waals surface area contributed by atoms with Crippen molar-refractivity contribution in [1.29, 1.82) is 0 Å². The van der Waals surface area contributed by atoms with Crippen LogP contribution in [-0.4, -0.2) is 11.1 Å². The van der Waals surface area contributed by atoms with Crippen LogP contribution in [0.1, 0.15) is 16.1 Å². The van der Waals surface area contributed by atoms with Crippen molar-refractivity contribution in [1.82, 2.24) is 10.5 Å². The fraction of sp³-hybridized carbons (Fsp3) is 0.0476. The number of aromatic nitrogens is 1. The number of fused-ring (bicyclic) bond motifs is 1. The van der Waals surface area contributed by atoms with Gasteiger partial charge >= 0.3 is 0 Å². The smallest absolute Gasteiger partial charge is 0.253 e. The maximum Gasteiger partial charge on any atom is 0.253 e. The van der Waals surface area contributed by atoms with E-state index in [-0.39, 0.29) is 12.5 Å². The number of rotatable bonds is 4. The first kappa shape index (κ1) is 17.6. The second-order valence-corrected chi connectivity index (χ2v) is 6.89. The van der Waals surface area contributed by atoms with Gasteiger partial charge in [0.25, 0.3) is 5.91 Å². The summed E-state index contributed by atoms with van der Waals surface area (Å²) in [6, 6.07) is 20.7. The molecule has 0 atom stereocenters. The lowest BCUT2D eigenvalue weighted by atomic mass is 10.1. The van der Waals surface area contributed by atoms with E-state index in [9.17, 15) is 4.79 Å². The quantitative estimate of drug-likeness (QED) is 0.478. The van der Waals surface area contributed by atoms with Crippen LogP contribution in [0.4, 0.5) is 0 Å². The van der Waals surface area contributed by atoms with Crippen LogP contribution in [0.3, 0.4) is 0 Å². The molecule has 1 heterocycles. The van der Waals surface area contributed by atoms with E-state index in [0.29, 0.717) is 27.1 Å². The van der Waals surface area contributed by atoms with Gasteiger partial charge < -0.3 is 9.84 Å². The van der Waals surface area contributed by atoms with Gasteiger partial charge in [0.15, 0.2) is 5.76 Å². The van der Waals surface area contributed by atoms with E-state index in [1.165, 1.54) is 6.07 Å². The Kier molecular flexibility index (Phi) is 4.84. The molecule has 0 spiro atoms. The summed E-state index contributed by atoms with van der Waals surface area (Å²) in [6.07, 6.45) is 0. The van der Waals surface area contributed by atoms with Crippen LogP contribution in [-0.2, 0) is 6.54 Å². The summed E-state index contributed by atoms with van der Waals surface area (Å²) in [5, 5.41) is 9.88. The Morgan fingerprint density at radius 1 is 0.963 bits per heavy atom. The van der Waals surface area contributed by atoms with Crippen LogP contribution in [0, 0.1) is 0 Å². The molecule has 0 saturated heterocycles. The van der Waals surface area contributed by atoms with E-state index in [2.05, 4.69) is 16.5 Å². The van der Waals surface area contributed by atoms with Crippen LogP contribution in [0.2, 0.25) is 10.0 Å². The van der Waals surface area contributed by atoms with E-state index in [4.69, 9.17) is 27.7 Å². The molecule has 27 heavy (non-hydrogen) atoms. The predicted octanol–water partition coefficient (Wildman–Crippen LogP) is 5.73. The molecule has 0 aliphatic heterocycles. The minimum Gasteiger partial charge on any atom is -0.356 e. The number of nitrogens with zero attached hydrogens (tertiary/aromatic N) is 1. The number of benzene rings is 3. The molecule has 4 rings (SSSR count). The molecule has 1 N–H and O–H groups in total.